The fourth-order valence-corrected chi connectivity index (χ4v) is 2.99. The molecule has 5 heteroatoms. The largest absolute Gasteiger partial charge is 0.469 e. The van der Waals surface area contributed by atoms with Crippen molar-refractivity contribution in [2.45, 2.75) is 25.7 Å². The highest BCUT2D eigenvalue weighted by atomic mass is 16.5. The van der Waals surface area contributed by atoms with E-state index in [1.54, 1.807) is 12.0 Å². The molecule has 1 atom stereocenters. The van der Waals surface area contributed by atoms with E-state index in [-0.39, 0.29) is 29.6 Å². The number of nitrogens with zero attached hydrogens (tertiary/aromatic N) is 1. The first-order chi connectivity index (χ1) is 8.60. The van der Waals surface area contributed by atoms with E-state index < -0.39 is 0 Å². The smallest absolute Gasteiger partial charge is 0.310 e. The number of hydrogen-bond acceptors (Lipinski definition) is 4. The van der Waals surface area contributed by atoms with E-state index in [9.17, 15) is 9.59 Å². The predicted molar refractivity (Wildman–Crippen MR) is 64.9 cm³/mol. The van der Waals surface area contributed by atoms with Crippen LogP contribution in [0.5, 0.6) is 0 Å². The Labute approximate surface area is 107 Å². The molecule has 2 aliphatic rings. The lowest BCUT2D eigenvalue weighted by atomic mass is 9.69. The molecule has 0 radical (unpaired) electrons. The number of carbonyl (C=O) groups excluding carboxylic acids is 2. The van der Waals surface area contributed by atoms with Crippen LogP contribution in [-0.2, 0) is 19.1 Å². The summed E-state index contributed by atoms with van der Waals surface area (Å²) < 4.78 is 9.97. The fraction of sp³-hybridized carbons (Fsp3) is 0.846. The summed E-state index contributed by atoms with van der Waals surface area (Å²) in [6.07, 6.45) is 3.70. The second kappa shape index (κ2) is 5.26. The van der Waals surface area contributed by atoms with E-state index in [0.717, 1.165) is 12.8 Å². The van der Waals surface area contributed by atoms with Gasteiger partial charge in [0.05, 0.1) is 19.6 Å². The summed E-state index contributed by atoms with van der Waals surface area (Å²) >= 11 is 0. The van der Waals surface area contributed by atoms with Crippen LogP contribution in [0, 0.1) is 11.3 Å². The highest BCUT2D eigenvalue weighted by Gasteiger charge is 2.43. The Kier molecular flexibility index (Phi) is 3.90. The molecule has 1 amide bonds. The summed E-state index contributed by atoms with van der Waals surface area (Å²) in [5.41, 5.74) is 0.120. The third-order valence-electron chi connectivity index (χ3n) is 4.14. The number of carbonyl (C=O) groups is 2. The Morgan fingerprint density at radius 3 is 2.67 bits per heavy atom. The van der Waals surface area contributed by atoms with Gasteiger partial charge in [-0.15, -0.1) is 0 Å². The minimum atomic E-state index is -0.290. The molecule has 0 spiro atoms. The van der Waals surface area contributed by atoms with Gasteiger partial charge in [-0.25, -0.2) is 0 Å². The topological polar surface area (TPSA) is 55.8 Å². The molecule has 18 heavy (non-hydrogen) atoms. The zero-order valence-electron chi connectivity index (χ0n) is 11.1. The van der Waals surface area contributed by atoms with Crippen LogP contribution >= 0.6 is 0 Å². The van der Waals surface area contributed by atoms with E-state index in [0.29, 0.717) is 19.7 Å². The Morgan fingerprint density at radius 2 is 2.17 bits per heavy atom. The standard InChI is InChI=1S/C13H21NO4/c1-17-9-13(4-3-5-13)8-14-7-10(6-11(14)15)12(16)18-2/h10H,3-9H2,1-2H3. The van der Waals surface area contributed by atoms with Crippen molar-refractivity contribution in [3.05, 3.63) is 0 Å². The molecule has 1 unspecified atom stereocenters. The van der Waals surface area contributed by atoms with Crippen molar-refractivity contribution in [3.63, 3.8) is 0 Å². The molecule has 1 heterocycles. The third kappa shape index (κ3) is 2.51. The van der Waals surface area contributed by atoms with Gasteiger partial charge in [0.1, 0.15) is 0 Å². The van der Waals surface area contributed by atoms with Gasteiger partial charge in [-0.05, 0) is 12.8 Å². The Hall–Kier alpha value is -1.10. The lowest BCUT2D eigenvalue weighted by molar-refractivity contribution is -0.145. The first-order valence-corrected chi connectivity index (χ1v) is 6.45. The van der Waals surface area contributed by atoms with E-state index in [1.165, 1.54) is 13.5 Å². The fourth-order valence-electron chi connectivity index (χ4n) is 2.99. The lowest BCUT2D eigenvalue weighted by Gasteiger charge is -2.43. The molecular weight excluding hydrogens is 234 g/mol. The van der Waals surface area contributed by atoms with Crippen LogP contribution in [-0.4, -0.2) is 50.7 Å². The quantitative estimate of drug-likeness (QED) is 0.683. The number of amides is 1. The number of likely N-dealkylation sites (tertiary alicyclic amines) is 1. The van der Waals surface area contributed by atoms with Crippen LogP contribution in [0.15, 0.2) is 0 Å². The second-order valence-electron chi connectivity index (χ2n) is 5.49. The molecule has 0 bridgehead atoms. The summed E-state index contributed by atoms with van der Waals surface area (Å²) in [5, 5.41) is 0. The van der Waals surface area contributed by atoms with Gasteiger partial charge in [0.25, 0.3) is 0 Å². The zero-order valence-corrected chi connectivity index (χ0v) is 11.1. The molecule has 0 N–H and O–H groups in total. The molecular formula is C13H21NO4. The van der Waals surface area contributed by atoms with Crippen molar-refractivity contribution in [1.82, 2.24) is 4.90 Å². The maximum atomic E-state index is 11.9. The van der Waals surface area contributed by atoms with Gasteiger partial charge in [0.2, 0.25) is 5.91 Å². The highest BCUT2D eigenvalue weighted by Crippen LogP contribution is 2.42. The monoisotopic (exact) mass is 255 g/mol. The summed E-state index contributed by atoms with van der Waals surface area (Å²) in [4.78, 5) is 25.2. The molecule has 1 saturated carbocycles. The average Bonchev–Trinajstić information content (AvgIpc) is 2.67. The minimum absolute atomic E-state index is 0.0628. The highest BCUT2D eigenvalue weighted by molar-refractivity contribution is 5.86. The van der Waals surface area contributed by atoms with Crippen molar-refractivity contribution in [3.8, 4) is 0 Å². The molecule has 2 fully saturated rings. The number of rotatable bonds is 5. The molecule has 0 aromatic rings. The number of hydrogen-bond donors (Lipinski definition) is 0. The van der Waals surface area contributed by atoms with Gasteiger partial charge < -0.3 is 14.4 Å². The second-order valence-corrected chi connectivity index (χ2v) is 5.49. The molecule has 1 aliphatic heterocycles. The van der Waals surface area contributed by atoms with Gasteiger partial charge >= 0.3 is 5.97 Å². The van der Waals surface area contributed by atoms with E-state index in [4.69, 9.17) is 9.47 Å². The Bertz CT molecular complexity index is 338. The number of ether oxygens (including phenoxy) is 2. The molecule has 1 aliphatic carbocycles. The van der Waals surface area contributed by atoms with Gasteiger partial charge in [-0.3, -0.25) is 9.59 Å². The Morgan fingerprint density at radius 1 is 1.44 bits per heavy atom. The predicted octanol–water partition coefficient (Wildman–Crippen LogP) is 0.825. The van der Waals surface area contributed by atoms with Crippen molar-refractivity contribution in [2.24, 2.45) is 11.3 Å². The normalized spacial score (nSPS) is 26.0. The van der Waals surface area contributed by atoms with Crippen LogP contribution in [0.4, 0.5) is 0 Å². The Balaban J connectivity index is 1.93. The maximum Gasteiger partial charge on any atom is 0.310 e. The van der Waals surface area contributed by atoms with Crippen LogP contribution in [0.25, 0.3) is 0 Å². The van der Waals surface area contributed by atoms with Crippen LogP contribution < -0.4 is 0 Å². The first kappa shape index (κ1) is 13.3. The number of methoxy groups -OCH3 is 2. The molecule has 0 aromatic carbocycles. The third-order valence-corrected chi connectivity index (χ3v) is 4.14. The van der Waals surface area contributed by atoms with Crippen LogP contribution in [0.3, 0.4) is 0 Å². The first-order valence-electron chi connectivity index (χ1n) is 6.45. The van der Waals surface area contributed by atoms with Gasteiger partial charge in [0.15, 0.2) is 0 Å². The van der Waals surface area contributed by atoms with Crippen molar-refractivity contribution in [2.75, 3.05) is 33.9 Å². The molecule has 102 valence electrons. The zero-order chi connectivity index (χ0) is 13.2. The molecule has 2 rings (SSSR count). The van der Waals surface area contributed by atoms with Crippen molar-refractivity contribution < 1.29 is 19.1 Å². The number of esters is 1. The summed E-state index contributed by atoms with van der Waals surface area (Å²) in [7, 11) is 3.07. The van der Waals surface area contributed by atoms with E-state index in [2.05, 4.69) is 0 Å². The van der Waals surface area contributed by atoms with Gasteiger partial charge in [-0.2, -0.15) is 0 Å². The van der Waals surface area contributed by atoms with E-state index >= 15 is 0 Å². The van der Waals surface area contributed by atoms with Crippen LogP contribution in [0.2, 0.25) is 0 Å². The molecule has 0 aromatic heterocycles. The lowest BCUT2D eigenvalue weighted by Crippen LogP contribution is -2.46. The SMILES string of the molecule is COCC1(CN2CC(C(=O)OC)CC2=O)CCC1. The molecule has 5 nitrogen and oxygen atoms in total. The minimum Gasteiger partial charge on any atom is -0.469 e. The van der Waals surface area contributed by atoms with Crippen molar-refractivity contribution in [1.29, 1.82) is 0 Å². The summed E-state index contributed by atoms with van der Waals surface area (Å²) in [5.74, 6) is -0.504. The van der Waals surface area contributed by atoms with Crippen molar-refractivity contribution >= 4 is 11.9 Å². The van der Waals surface area contributed by atoms with Crippen LogP contribution in [0.1, 0.15) is 25.7 Å². The summed E-state index contributed by atoms with van der Waals surface area (Å²) in [6, 6.07) is 0. The van der Waals surface area contributed by atoms with Gasteiger partial charge in [-0.1, -0.05) is 6.42 Å². The van der Waals surface area contributed by atoms with Gasteiger partial charge in [0, 0.05) is 32.0 Å². The summed E-state index contributed by atoms with van der Waals surface area (Å²) in [6.45, 7) is 1.91. The van der Waals surface area contributed by atoms with E-state index in [1.807, 2.05) is 0 Å². The average molecular weight is 255 g/mol. The molecule has 1 saturated heterocycles. The maximum absolute atomic E-state index is 11.9.